The van der Waals surface area contributed by atoms with E-state index in [1.807, 2.05) is 6.92 Å². The predicted octanol–water partition coefficient (Wildman–Crippen LogP) is 3.92. The zero-order chi connectivity index (χ0) is 14.1. The number of thiophene rings is 1. The summed E-state index contributed by atoms with van der Waals surface area (Å²) < 4.78 is 5.89. The van der Waals surface area contributed by atoms with Crippen LogP contribution in [-0.4, -0.2) is 23.1 Å². The average molecular weight is 291 g/mol. The third-order valence-corrected chi connectivity index (χ3v) is 4.47. The van der Waals surface area contributed by atoms with Gasteiger partial charge in [-0.2, -0.15) is 0 Å². The molecular weight excluding hydrogens is 270 g/mol. The van der Waals surface area contributed by atoms with E-state index in [0.29, 0.717) is 12.5 Å². The molecule has 0 saturated heterocycles. The molecule has 2 aromatic rings. The number of aryl methyl sites for hydroxylation is 1. The first-order chi connectivity index (χ1) is 9.72. The number of aromatic nitrogens is 2. The van der Waals surface area contributed by atoms with Gasteiger partial charge in [-0.15, -0.1) is 11.3 Å². The van der Waals surface area contributed by atoms with E-state index >= 15 is 0 Å². The lowest BCUT2D eigenvalue weighted by atomic mass is 10.2. The number of anilines is 1. The van der Waals surface area contributed by atoms with E-state index in [9.17, 15) is 0 Å². The molecule has 20 heavy (non-hydrogen) atoms. The first-order valence-electron chi connectivity index (χ1n) is 7.36. The van der Waals surface area contributed by atoms with Crippen molar-refractivity contribution in [3.05, 3.63) is 16.8 Å². The van der Waals surface area contributed by atoms with Crippen molar-refractivity contribution in [3.63, 3.8) is 0 Å². The highest BCUT2D eigenvalue weighted by molar-refractivity contribution is 7.18. The van der Waals surface area contributed by atoms with Crippen molar-refractivity contribution in [1.82, 2.24) is 9.97 Å². The Labute approximate surface area is 123 Å². The maximum atomic E-state index is 5.89. The van der Waals surface area contributed by atoms with Crippen molar-refractivity contribution in [2.45, 2.75) is 39.7 Å². The van der Waals surface area contributed by atoms with Gasteiger partial charge in [0.2, 0.25) is 0 Å². The van der Waals surface area contributed by atoms with Crippen LogP contribution in [-0.2, 0) is 4.74 Å². The molecule has 1 fully saturated rings. The molecule has 2 heterocycles. The van der Waals surface area contributed by atoms with Crippen LogP contribution in [0.3, 0.4) is 0 Å². The molecule has 5 heteroatoms. The summed E-state index contributed by atoms with van der Waals surface area (Å²) in [5.41, 5.74) is 0. The van der Waals surface area contributed by atoms with Gasteiger partial charge in [-0.1, -0.05) is 0 Å². The minimum atomic E-state index is 0.0595. The Hall–Kier alpha value is -1.20. The summed E-state index contributed by atoms with van der Waals surface area (Å²) in [7, 11) is 0. The second kappa shape index (κ2) is 5.66. The molecule has 1 atom stereocenters. The summed E-state index contributed by atoms with van der Waals surface area (Å²) in [6.07, 6.45) is 2.52. The molecule has 1 aliphatic carbocycles. The number of nitrogens with zero attached hydrogens (tertiary/aromatic N) is 2. The van der Waals surface area contributed by atoms with Crippen molar-refractivity contribution in [1.29, 1.82) is 0 Å². The molecule has 108 valence electrons. The molecule has 3 rings (SSSR count). The molecule has 0 radical (unpaired) electrons. The first-order valence-corrected chi connectivity index (χ1v) is 8.18. The first kappa shape index (κ1) is 13.8. The van der Waals surface area contributed by atoms with E-state index in [2.05, 4.69) is 25.2 Å². The van der Waals surface area contributed by atoms with Gasteiger partial charge in [0.25, 0.3) is 0 Å². The fourth-order valence-corrected chi connectivity index (χ4v) is 3.37. The van der Waals surface area contributed by atoms with Crippen LogP contribution in [0.15, 0.2) is 6.07 Å². The van der Waals surface area contributed by atoms with E-state index in [1.54, 1.807) is 11.3 Å². The fourth-order valence-electron chi connectivity index (χ4n) is 2.49. The van der Waals surface area contributed by atoms with Crippen LogP contribution in [0.25, 0.3) is 10.2 Å². The van der Waals surface area contributed by atoms with Crippen LogP contribution in [0.4, 0.5) is 5.82 Å². The Kier molecular flexibility index (Phi) is 3.89. The summed E-state index contributed by atoms with van der Waals surface area (Å²) in [6.45, 7) is 7.82. The van der Waals surface area contributed by atoms with Crippen molar-refractivity contribution in [2.75, 3.05) is 18.5 Å². The van der Waals surface area contributed by atoms with Gasteiger partial charge >= 0.3 is 0 Å². The normalized spacial score (nSPS) is 16.6. The standard InChI is InChI=1S/C15H21N3OS/c1-4-16-13-11-8-9(3)20-15(11)18-14(17-13)12(19-5-2)10-6-7-10/h8,10,12H,4-7H2,1-3H3,(H,16,17,18). The maximum absolute atomic E-state index is 5.89. The highest BCUT2D eigenvalue weighted by Crippen LogP contribution is 2.43. The van der Waals surface area contributed by atoms with Crippen molar-refractivity contribution in [2.24, 2.45) is 5.92 Å². The van der Waals surface area contributed by atoms with E-state index < -0.39 is 0 Å². The van der Waals surface area contributed by atoms with Crippen molar-refractivity contribution < 1.29 is 4.74 Å². The van der Waals surface area contributed by atoms with Crippen LogP contribution in [0.2, 0.25) is 0 Å². The van der Waals surface area contributed by atoms with Gasteiger partial charge in [0.15, 0.2) is 5.82 Å². The van der Waals surface area contributed by atoms with Gasteiger partial charge < -0.3 is 10.1 Å². The highest BCUT2D eigenvalue weighted by Gasteiger charge is 2.35. The summed E-state index contributed by atoms with van der Waals surface area (Å²) in [5, 5.41) is 4.49. The topological polar surface area (TPSA) is 47.0 Å². The number of ether oxygens (including phenoxy) is 1. The summed E-state index contributed by atoms with van der Waals surface area (Å²) in [4.78, 5) is 11.8. The Morgan fingerprint density at radius 1 is 1.40 bits per heavy atom. The molecule has 0 amide bonds. The molecule has 1 N–H and O–H groups in total. The molecule has 2 aromatic heterocycles. The molecule has 1 saturated carbocycles. The van der Waals surface area contributed by atoms with Crippen LogP contribution in [0.5, 0.6) is 0 Å². The Balaban J connectivity index is 2.05. The smallest absolute Gasteiger partial charge is 0.161 e. The monoisotopic (exact) mass is 291 g/mol. The lowest BCUT2D eigenvalue weighted by Crippen LogP contribution is -2.12. The average Bonchev–Trinajstić information content (AvgIpc) is 3.18. The van der Waals surface area contributed by atoms with Crippen LogP contribution >= 0.6 is 11.3 Å². The Bertz CT molecular complexity index is 606. The van der Waals surface area contributed by atoms with Gasteiger partial charge in [-0.05, 0) is 45.6 Å². The van der Waals surface area contributed by atoms with Crippen molar-refractivity contribution >= 4 is 27.4 Å². The van der Waals surface area contributed by atoms with Crippen molar-refractivity contribution in [3.8, 4) is 0 Å². The number of fused-ring (bicyclic) bond motifs is 1. The molecule has 0 bridgehead atoms. The van der Waals surface area contributed by atoms with E-state index in [0.717, 1.165) is 28.4 Å². The summed E-state index contributed by atoms with van der Waals surface area (Å²) in [6, 6.07) is 2.16. The zero-order valence-corrected chi connectivity index (χ0v) is 13.1. The van der Waals surface area contributed by atoms with Crippen LogP contribution < -0.4 is 5.32 Å². The second-order valence-electron chi connectivity index (χ2n) is 5.25. The van der Waals surface area contributed by atoms with E-state index in [-0.39, 0.29) is 6.10 Å². The second-order valence-corrected chi connectivity index (χ2v) is 6.48. The van der Waals surface area contributed by atoms with Gasteiger partial charge in [0.1, 0.15) is 16.8 Å². The molecule has 0 aromatic carbocycles. The predicted molar refractivity (Wildman–Crippen MR) is 83.4 cm³/mol. The van der Waals surface area contributed by atoms with E-state index in [1.165, 1.54) is 17.7 Å². The largest absolute Gasteiger partial charge is 0.370 e. The summed E-state index contributed by atoms with van der Waals surface area (Å²) in [5.74, 6) is 2.39. The lowest BCUT2D eigenvalue weighted by Gasteiger charge is -2.16. The third-order valence-electron chi connectivity index (χ3n) is 3.53. The fraction of sp³-hybridized carbons (Fsp3) is 0.600. The molecule has 1 unspecified atom stereocenters. The quantitative estimate of drug-likeness (QED) is 0.876. The van der Waals surface area contributed by atoms with Gasteiger partial charge in [-0.25, -0.2) is 9.97 Å². The van der Waals surface area contributed by atoms with E-state index in [4.69, 9.17) is 14.7 Å². The lowest BCUT2D eigenvalue weighted by molar-refractivity contribution is 0.0404. The number of hydrogen-bond donors (Lipinski definition) is 1. The maximum Gasteiger partial charge on any atom is 0.161 e. The molecule has 0 aliphatic heterocycles. The zero-order valence-electron chi connectivity index (χ0n) is 12.3. The van der Waals surface area contributed by atoms with Gasteiger partial charge in [-0.3, -0.25) is 0 Å². The SMILES string of the molecule is CCNc1nc(C(OCC)C2CC2)nc2sc(C)cc12. The highest BCUT2D eigenvalue weighted by atomic mass is 32.1. The number of rotatable bonds is 6. The molecule has 4 nitrogen and oxygen atoms in total. The van der Waals surface area contributed by atoms with Gasteiger partial charge in [0.05, 0.1) is 5.39 Å². The minimum absolute atomic E-state index is 0.0595. The minimum Gasteiger partial charge on any atom is -0.370 e. The van der Waals surface area contributed by atoms with Gasteiger partial charge in [0, 0.05) is 18.0 Å². The Morgan fingerprint density at radius 3 is 2.85 bits per heavy atom. The third kappa shape index (κ3) is 2.65. The molecular formula is C15H21N3OS. The molecule has 0 spiro atoms. The Morgan fingerprint density at radius 2 is 2.20 bits per heavy atom. The number of hydrogen-bond acceptors (Lipinski definition) is 5. The summed E-state index contributed by atoms with van der Waals surface area (Å²) >= 11 is 1.73. The van der Waals surface area contributed by atoms with Crippen LogP contribution in [0.1, 0.15) is 43.5 Å². The molecule has 1 aliphatic rings. The number of nitrogens with one attached hydrogen (secondary N) is 1. The van der Waals surface area contributed by atoms with Crippen LogP contribution in [0, 0.1) is 12.8 Å².